The SMILES string of the molecule is CCCCN(C)C(=O)CCN(CCc1ccccc1)S(C)(=O)=O. The van der Waals surface area contributed by atoms with Crippen molar-refractivity contribution in [2.45, 2.75) is 32.6 Å². The van der Waals surface area contributed by atoms with Gasteiger partial charge in [0.25, 0.3) is 0 Å². The number of unbranched alkanes of at least 4 members (excludes halogenated alkanes) is 1. The quantitative estimate of drug-likeness (QED) is 0.656. The van der Waals surface area contributed by atoms with Crippen LogP contribution < -0.4 is 0 Å². The molecule has 6 heteroatoms. The number of carbonyl (C=O) groups is 1. The Bertz CT molecular complexity index is 573. The third-order valence-electron chi connectivity index (χ3n) is 3.81. The maximum absolute atomic E-state index is 12.1. The molecule has 1 aromatic carbocycles. The second kappa shape index (κ2) is 9.67. The van der Waals surface area contributed by atoms with Gasteiger partial charge in [0.1, 0.15) is 0 Å². The van der Waals surface area contributed by atoms with E-state index in [1.165, 1.54) is 10.6 Å². The molecule has 1 rings (SSSR count). The third kappa shape index (κ3) is 7.61. The highest BCUT2D eigenvalue weighted by Crippen LogP contribution is 2.06. The Kier molecular flexibility index (Phi) is 8.26. The van der Waals surface area contributed by atoms with Gasteiger partial charge in [-0.1, -0.05) is 43.7 Å². The van der Waals surface area contributed by atoms with Crippen LogP contribution in [0, 0.1) is 0 Å². The number of carbonyl (C=O) groups excluding carboxylic acids is 1. The predicted molar refractivity (Wildman–Crippen MR) is 93.7 cm³/mol. The monoisotopic (exact) mass is 340 g/mol. The third-order valence-corrected chi connectivity index (χ3v) is 5.11. The van der Waals surface area contributed by atoms with Crippen LogP contribution in [0.25, 0.3) is 0 Å². The molecule has 5 nitrogen and oxygen atoms in total. The molecular weight excluding hydrogens is 312 g/mol. The molecule has 0 N–H and O–H groups in total. The second-order valence-corrected chi connectivity index (χ2v) is 7.80. The summed E-state index contributed by atoms with van der Waals surface area (Å²) in [5.74, 6) is -0.00758. The summed E-state index contributed by atoms with van der Waals surface area (Å²) in [7, 11) is -1.54. The molecule has 0 aliphatic rings. The first kappa shape index (κ1) is 19.6. The minimum absolute atomic E-state index is 0.00758. The van der Waals surface area contributed by atoms with E-state index in [9.17, 15) is 13.2 Å². The average molecular weight is 340 g/mol. The molecule has 1 amide bonds. The summed E-state index contributed by atoms with van der Waals surface area (Å²) >= 11 is 0. The van der Waals surface area contributed by atoms with Crippen molar-refractivity contribution >= 4 is 15.9 Å². The molecule has 0 spiro atoms. The molecule has 0 saturated carbocycles. The molecule has 0 unspecified atom stereocenters. The zero-order chi connectivity index (χ0) is 17.3. The molecule has 0 bridgehead atoms. The largest absolute Gasteiger partial charge is 0.346 e. The van der Waals surface area contributed by atoms with Gasteiger partial charge in [0.2, 0.25) is 15.9 Å². The molecule has 23 heavy (non-hydrogen) atoms. The van der Waals surface area contributed by atoms with Gasteiger partial charge < -0.3 is 4.90 Å². The normalized spacial score (nSPS) is 11.7. The molecule has 0 aliphatic heterocycles. The lowest BCUT2D eigenvalue weighted by Gasteiger charge is -2.22. The van der Waals surface area contributed by atoms with E-state index >= 15 is 0 Å². The van der Waals surface area contributed by atoms with E-state index in [0.717, 1.165) is 24.9 Å². The van der Waals surface area contributed by atoms with Gasteiger partial charge >= 0.3 is 0 Å². The summed E-state index contributed by atoms with van der Waals surface area (Å²) in [4.78, 5) is 13.7. The van der Waals surface area contributed by atoms with Gasteiger partial charge in [0.05, 0.1) is 6.26 Å². The van der Waals surface area contributed by atoms with Crippen molar-refractivity contribution in [2.24, 2.45) is 0 Å². The summed E-state index contributed by atoms with van der Waals surface area (Å²) in [6.45, 7) is 3.43. The first-order valence-corrected chi connectivity index (χ1v) is 9.92. The van der Waals surface area contributed by atoms with Crippen molar-refractivity contribution < 1.29 is 13.2 Å². The first-order valence-electron chi connectivity index (χ1n) is 8.07. The zero-order valence-corrected chi connectivity index (χ0v) is 15.2. The van der Waals surface area contributed by atoms with Crippen LogP contribution in [0.1, 0.15) is 31.7 Å². The van der Waals surface area contributed by atoms with E-state index in [1.807, 2.05) is 30.3 Å². The van der Waals surface area contributed by atoms with Crippen LogP contribution in [0.3, 0.4) is 0 Å². The maximum atomic E-state index is 12.1. The van der Waals surface area contributed by atoms with Crippen molar-refractivity contribution in [3.63, 3.8) is 0 Å². The van der Waals surface area contributed by atoms with Crippen LogP contribution in [0.15, 0.2) is 30.3 Å². The summed E-state index contributed by atoms with van der Waals surface area (Å²) in [6.07, 6.45) is 4.06. The van der Waals surface area contributed by atoms with Gasteiger partial charge in [0.15, 0.2) is 0 Å². The lowest BCUT2D eigenvalue weighted by molar-refractivity contribution is -0.130. The minimum atomic E-state index is -3.31. The number of rotatable bonds is 10. The van der Waals surface area contributed by atoms with Crippen molar-refractivity contribution in [1.29, 1.82) is 0 Å². The Balaban J connectivity index is 2.54. The molecule has 0 atom stereocenters. The van der Waals surface area contributed by atoms with Crippen molar-refractivity contribution in [3.8, 4) is 0 Å². The van der Waals surface area contributed by atoms with E-state index in [-0.39, 0.29) is 18.9 Å². The number of amides is 1. The molecule has 1 aromatic rings. The summed E-state index contributed by atoms with van der Waals surface area (Å²) in [5.41, 5.74) is 1.09. The van der Waals surface area contributed by atoms with Crippen LogP contribution in [0.4, 0.5) is 0 Å². The summed E-state index contributed by atoms with van der Waals surface area (Å²) in [6, 6.07) is 9.76. The van der Waals surface area contributed by atoms with Crippen LogP contribution in [0.2, 0.25) is 0 Å². The smallest absolute Gasteiger partial charge is 0.223 e. The van der Waals surface area contributed by atoms with E-state index in [0.29, 0.717) is 13.0 Å². The highest BCUT2D eigenvalue weighted by atomic mass is 32.2. The number of sulfonamides is 1. The van der Waals surface area contributed by atoms with Gasteiger partial charge in [-0.15, -0.1) is 0 Å². The Morgan fingerprint density at radius 3 is 2.30 bits per heavy atom. The fourth-order valence-corrected chi connectivity index (χ4v) is 3.12. The Morgan fingerprint density at radius 2 is 1.74 bits per heavy atom. The lowest BCUT2D eigenvalue weighted by atomic mass is 10.1. The van der Waals surface area contributed by atoms with Gasteiger partial charge in [-0.25, -0.2) is 12.7 Å². The molecular formula is C17H28N2O3S. The Labute approximate surface area is 140 Å². The van der Waals surface area contributed by atoms with E-state index in [1.54, 1.807) is 11.9 Å². The van der Waals surface area contributed by atoms with Crippen LogP contribution in [0.5, 0.6) is 0 Å². The molecule has 130 valence electrons. The average Bonchev–Trinajstić information content (AvgIpc) is 2.51. The first-order chi connectivity index (χ1) is 10.8. The number of nitrogens with zero attached hydrogens (tertiary/aromatic N) is 2. The molecule has 0 aliphatic carbocycles. The van der Waals surface area contributed by atoms with Gasteiger partial charge in [0, 0.05) is 33.1 Å². The zero-order valence-electron chi connectivity index (χ0n) is 14.4. The van der Waals surface area contributed by atoms with E-state index in [4.69, 9.17) is 0 Å². The minimum Gasteiger partial charge on any atom is -0.346 e. The predicted octanol–water partition coefficient (Wildman–Crippen LogP) is 2.14. The second-order valence-electron chi connectivity index (χ2n) is 5.82. The Hall–Kier alpha value is -1.40. The van der Waals surface area contributed by atoms with Gasteiger partial charge in [-0.2, -0.15) is 0 Å². The highest BCUT2D eigenvalue weighted by molar-refractivity contribution is 7.88. The number of hydrogen-bond donors (Lipinski definition) is 0. The van der Waals surface area contributed by atoms with Crippen LogP contribution in [-0.2, 0) is 21.2 Å². The van der Waals surface area contributed by atoms with E-state index < -0.39 is 10.0 Å². The number of hydrogen-bond acceptors (Lipinski definition) is 3. The molecule has 0 aromatic heterocycles. The van der Waals surface area contributed by atoms with Gasteiger partial charge in [-0.05, 0) is 18.4 Å². The molecule has 0 heterocycles. The Morgan fingerprint density at radius 1 is 1.09 bits per heavy atom. The van der Waals surface area contributed by atoms with Crippen LogP contribution >= 0.6 is 0 Å². The molecule has 0 saturated heterocycles. The fraction of sp³-hybridized carbons (Fsp3) is 0.588. The van der Waals surface area contributed by atoms with Crippen LogP contribution in [-0.4, -0.2) is 56.5 Å². The number of benzene rings is 1. The summed E-state index contributed by atoms with van der Waals surface area (Å²) < 4.78 is 25.2. The summed E-state index contributed by atoms with van der Waals surface area (Å²) in [5, 5.41) is 0. The highest BCUT2D eigenvalue weighted by Gasteiger charge is 2.18. The fourth-order valence-electron chi connectivity index (χ4n) is 2.27. The van der Waals surface area contributed by atoms with Crippen molar-refractivity contribution in [1.82, 2.24) is 9.21 Å². The van der Waals surface area contributed by atoms with E-state index in [2.05, 4.69) is 6.92 Å². The van der Waals surface area contributed by atoms with Crippen molar-refractivity contribution in [3.05, 3.63) is 35.9 Å². The maximum Gasteiger partial charge on any atom is 0.223 e. The lowest BCUT2D eigenvalue weighted by Crippen LogP contribution is -2.36. The van der Waals surface area contributed by atoms with Gasteiger partial charge in [-0.3, -0.25) is 4.79 Å². The molecule has 0 fully saturated rings. The standard InChI is InChI=1S/C17H28N2O3S/c1-4-5-13-18(2)17(20)12-15-19(23(3,21)22)14-11-16-9-7-6-8-10-16/h6-10H,4-5,11-15H2,1-3H3. The topological polar surface area (TPSA) is 57.7 Å². The van der Waals surface area contributed by atoms with Crippen molar-refractivity contribution in [2.75, 3.05) is 32.9 Å². The molecule has 0 radical (unpaired) electrons.